The van der Waals surface area contributed by atoms with E-state index in [1.54, 1.807) is 7.11 Å². The largest absolute Gasteiger partial charge is 0.496 e. The third-order valence-corrected chi connectivity index (χ3v) is 3.68. The first kappa shape index (κ1) is 17.1. The van der Waals surface area contributed by atoms with Crippen molar-refractivity contribution in [3.05, 3.63) is 52.5 Å². The fourth-order valence-corrected chi connectivity index (χ4v) is 2.59. The highest BCUT2D eigenvalue weighted by Gasteiger charge is 2.17. The van der Waals surface area contributed by atoms with Gasteiger partial charge in [0.2, 0.25) is 5.76 Å². The average molecular weight is 317 g/mol. The van der Waals surface area contributed by atoms with Crippen molar-refractivity contribution in [2.75, 3.05) is 21.3 Å². The van der Waals surface area contributed by atoms with E-state index >= 15 is 0 Å². The molecule has 0 saturated carbocycles. The van der Waals surface area contributed by atoms with Crippen LogP contribution in [0.2, 0.25) is 0 Å². The molecule has 0 fully saturated rings. The molecular formula is C18H23NO4. The zero-order valence-corrected chi connectivity index (χ0v) is 14.3. The number of methoxy groups -OCH3 is 2. The first-order valence-corrected chi connectivity index (χ1v) is 7.44. The topological polar surface area (TPSA) is 51.9 Å². The summed E-state index contributed by atoms with van der Waals surface area (Å²) in [5, 5.41) is 0. The molecule has 1 aromatic carbocycles. The highest BCUT2D eigenvalue weighted by atomic mass is 16.5. The summed E-state index contributed by atoms with van der Waals surface area (Å²) in [6, 6.07) is 8.02. The number of esters is 1. The van der Waals surface area contributed by atoms with Gasteiger partial charge in [-0.25, -0.2) is 4.79 Å². The summed E-state index contributed by atoms with van der Waals surface area (Å²) >= 11 is 0. The Morgan fingerprint density at radius 1 is 1.13 bits per heavy atom. The maximum absolute atomic E-state index is 11.6. The van der Waals surface area contributed by atoms with Crippen molar-refractivity contribution in [1.82, 2.24) is 4.90 Å². The fraction of sp³-hybridized carbons (Fsp3) is 0.389. The molecule has 0 saturated heterocycles. The van der Waals surface area contributed by atoms with Crippen molar-refractivity contribution in [1.29, 1.82) is 0 Å². The Bertz CT molecular complexity index is 690. The van der Waals surface area contributed by atoms with E-state index in [2.05, 4.69) is 17.0 Å². The van der Waals surface area contributed by atoms with Gasteiger partial charge in [0, 0.05) is 12.1 Å². The number of aryl methyl sites for hydroxylation is 2. The van der Waals surface area contributed by atoms with Crippen LogP contribution in [-0.2, 0) is 17.8 Å². The highest BCUT2D eigenvalue weighted by Crippen LogP contribution is 2.21. The molecule has 0 amide bonds. The van der Waals surface area contributed by atoms with Crippen LogP contribution in [0.1, 0.15) is 33.0 Å². The molecule has 1 heterocycles. The van der Waals surface area contributed by atoms with Gasteiger partial charge in [0.15, 0.2) is 0 Å². The van der Waals surface area contributed by atoms with E-state index in [9.17, 15) is 4.79 Å². The SMILES string of the molecule is COC(=O)c1oc(CN(C)Cc2ccc(OC)c(C)c2)cc1C. The zero-order chi connectivity index (χ0) is 17.0. The van der Waals surface area contributed by atoms with Gasteiger partial charge < -0.3 is 13.9 Å². The molecule has 2 aromatic rings. The predicted octanol–water partition coefficient (Wildman–Crippen LogP) is 3.32. The van der Waals surface area contributed by atoms with Gasteiger partial charge in [-0.2, -0.15) is 0 Å². The fourth-order valence-electron chi connectivity index (χ4n) is 2.59. The maximum atomic E-state index is 11.6. The van der Waals surface area contributed by atoms with Crippen LogP contribution in [0, 0.1) is 13.8 Å². The first-order chi connectivity index (χ1) is 10.9. The minimum atomic E-state index is -0.442. The van der Waals surface area contributed by atoms with E-state index in [1.807, 2.05) is 33.0 Å². The Balaban J connectivity index is 2.03. The van der Waals surface area contributed by atoms with Crippen LogP contribution in [0.4, 0.5) is 0 Å². The Hall–Kier alpha value is -2.27. The van der Waals surface area contributed by atoms with Crippen molar-refractivity contribution in [2.24, 2.45) is 0 Å². The molecule has 0 atom stereocenters. The van der Waals surface area contributed by atoms with E-state index in [0.29, 0.717) is 6.54 Å². The second kappa shape index (κ2) is 7.33. The summed E-state index contributed by atoms with van der Waals surface area (Å²) in [5.41, 5.74) is 3.10. The summed E-state index contributed by atoms with van der Waals surface area (Å²) < 4.78 is 15.6. The van der Waals surface area contributed by atoms with E-state index in [1.165, 1.54) is 12.7 Å². The third kappa shape index (κ3) is 4.13. The average Bonchev–Trinajstić information content (AvgIpc) is 2.87. The second-order valence-corrected chi connectivity index (χ2v) is 5.69. The zero-order valence-electron chi connectivity index (χ0n) is 14.3. The molecule has 0 N–H and O–H groups in total. The molecule has 2 rings (SSSR count). The second-order valence-electron chi connectivity index (χ2n) is 5.69. The maximum Gasteiger partial charge on any atom is 0.374 e. The number of nitrogens with zero attached hydrogens (tertiary/aromatic N) is 1. The normalized spacial score (nSPS) is 10.9. The van der Waals surface area contributed by atoms with Crippen molar-refractivity contribution >= 4 is 5.97 Å². The van der Waals surface area contributed by atoms with Crippen LogP contribution in [0.25, 0.3) is 0 Å². The lowest BCUT2D eigenvalue weighted by Gasteiger charge is -2.16. The number of rotatable bonds is 6. The van der Waals surface area contributed by atoms with E-state index < -0.39 is 5.97 Å². The van der Waals surface area contributed by atoms with Crippen LogP contribution in [0.3, 0.4) is 0 Å². The standard InChI is InChI=1S/C18H23NO4/c1-12-8-14(6-7-16(12)21-4)10-19(3)11-15-9-13(2)17(23-15)18(20)22-5/h6-9H,10-11H2,1-5H3. The number of carbonyl (C=O) groups is 1. The van der Waals surface area contributed by atoms with E-state index in [0.717, 1.165) is 29.2 Å². The highest BCUT2D eigenvalue weighted by molar-refractivity contribution is 5.87. The molecule has 5 nitrogen and oxygen atoms in total. The molecule has 0 spiro atoms. The monoisotopic (exact) mass is 317 g/mol. The predicted molar refractivity (Wildman–Crippen MR) is 87.7 cm³/mol. The van der Waals surface area contributed by atoms with Gasteiger partial charge in [0.05, 0.1) is 20.8 Å². The van der Waals surface area contributed by atoms with Crippen molar-refractivity contribution in [2.45, 2.75) is 26.9 Å². The number of benzene rings is 1. The molecule has 0 radical (unpaired) electrons. The van der Waals surface area contributed by atoms with Gasteiger partial charge in [-0.05, 0) is 44.2 Å². The smallest absolute Gasteiger partial charge is 0.374 e. The Morgan fingerprint density at radius 2 is 1.87 bits per heavy atom. The van der Waals surface area contributed by atoms with Crippen LogP contribution >= 0.6 is 0 Å². The lowest BCUT2D eigenvalue weighted by atomic mass is 10.1. The summed E-state index contributed by atoms with van der Waals surface area (Å²) in [5.74, 6) is 1.47. The Labute approximate surface area is 136 Å². The molecule has 0 aliphatic carbocycles. The number of ether oxygens (including phenoxy) is 2. The molecule has 0 bridgehead atoms. The molecular weight excluding hydrogens is 294 g/mol. The quantitative estimate of drug-likeness (QED) is 0.765. The lowest BCUT2D eigenvalue weighted by molar-refractivity contribution is 0.0560. The lowest BCUT2D eigenvalue weighted by Crippen LogP contribution is -2.17. The molecule has 0 aliphatic heterocycles. The number of hydrogen-bond acceptors (Lipinski definition) is 5. The van der Waals surface area contributed by atoms with Crippen molar-refractivity contribution in [3.8, 4) is 5.75 Å². The van der Waals surface area contributed by atoms with Crippen molar-refractivity contribution < 1.29 is 18.7 Å². The summed E-state index contributed by atoms with van der Waals surface area (Å²) in [4.78, 5) is 13.7. The first-order valence-electron chi connectivity index (χ1n) is 7.44. The number of furan rings is 1. The Morgan fingerprint density at radius 3 is 2.48 bits per heavy atom. The molecule has 0 unspecified atom stereocenters. The summed E-state index contributed by atoms with van der Waals surface area (Å²) in [7, 11) is 5.03. The molecule has 1 aromatic heterocycles. The molecule has 23 heavy (non-hydrogen) atoms. The van der Waals surface area contributed by atoms with E-state index in [-0.39, 0.29) is 5.76 Å². The van der Waals surface area contributed by atoms with Crippen molar-refractivity contribution in [3.63, 3.8) is 0 Å². The van der Waals surface area contributed by atoms with Gasteiger partial charge in [0.25, 0.3) is 0 Å². The number of hydrogen-bond donors (Lipinski definition) is 0. The van der Waals surface area contributed by atoms with Gasteiger partial charge in [-0.15, -0.1) is 0 Å². The van der Waals surface area contributed by atoms with Gasteiger partial charge in [-0.1, -0.05) is 12.1 Å². The van der Waals surface area contributed by atoms with Gasteiger partial charge >= 0.3 is 5.97 Å². The van der Waals surface area contributed by atoms with Crippen LogP contribution in [-0.4, -0.2) is 32.1 Å². The van der Waals surface area contributed by atoms with Gasteiger partial charge in [0.1, 0.15) is 11.5 Å². The van der Waals surface area contributed by atoms with Gasteiger partial charge in [-0.3, -0.25) is 4.90 Å². The molecule has 0 aliphatic rings. The van der Waals surface area contributed by atoms with E-state index in [4.69, 9.17) is 13.9 Å². The molecule has 124 valence electrons. The Kier molecular flexibility index (Phi) is 5.45. The minimum absolute atomic E-state index is 0.274. The minimum Gasteiger partial charge on any atom is -0.496 e. The third-order valence-electron chi connectivity index (χ3n) is 3.68. The number of carbonyl (C=O) groups excluding carboxylic acids is 1. The summed E-state index contributed by atoms with van der Waals surface area (Å²) in [6.45, 7) is 5.26. The summed E-state index contributed by atoms with van der Waals surface area (Å²) in [6.07, 6.45) is 0. The van der Waals surface area contributed by atoms with Crippen LogP contribution in [0.15, 0.2) is 28.7 Å². The van der Waals surface area contributed by atoms with Crippen LogP contribution in [0.5, 0.6) is 5.75 Å². The van der Waals surface area contributed by atoms with Crippen LogP contribution < -0.4 is 4.74 Å². The molecule has 5 heteroatoms.